The number of hydrogen-bond acceptors (Lipinski definition) is 3. The second-order valence-corrected chi connectivity index (χ2v) is 5.17. The molecule has 0 atom stereocenters. The maximum Gasteiger partial charge on any atom is 0.305 e. The molecule has 1 amide bonds. The van der Waals surface area contributed by atoms with Crippen LogP contribution in [0.4, 0.5) is 0 Å². The zero-order valence-electron chi connectivity index (χ0n) is 11.9. The molecule has 1 aliphatic rings. The van der Waals surface area contributed by atoms with Gasteiger partial charge in [0.15, 0.2) is 0 Å². The van der Waals surface area contributed by atoms with E-state index >= 15 is 0 Å². The van der Waals surface area contributed by atoms with Crippen LogP contribution in [0.25, 0.3) is 0 Å². The molecule has 20 heavy (non-hydrogen) atoms. The van der Waals surface area contributed by atoms with Gasteiger partial charge in [0.2, 0.25) is 0 Å². The molecule has 2 rings (SSSR count). The zero-order valence-corrected chi connectivity index (χ0v) is 11.9. The van der Waals surface area contributed by atoms with Gasteiger partial charge in [-0.05, 0) is 37.8 Å². The maximum absolute atomic E-state index is 12.0. The minimum absolute atomic E-state index is 0.00475. The van der Waals surface area contributed by atoms with Gasteiger partial charge in [0, 0.05) is 25.2 Å². The molecule has 5 heteroatoms. The number of carbonyl (C=O) groups excluding carboxylic acids is 2. The van der Waals surface area contributed by atoms with Crippen LogP contribution >= 0.6 is 0 Å². The van der Waals surface area contributed by atoms with Crippen molar-refractivity contribution in [1.29, 1.82) is 0 Å². The van der Waals surface area contributed by atoms with Crippen molar-refractivity contribution in [2.45, 2.75) is 44.6 Å². The molecular formula is C15H22N2O3. The van der Waals surface area contributed by atoms with Gasteiger partial charge in [-0.3, -0.25) is 9.59 Å². The largest absolute Gasteiger partial charge is 0.469 e. The fraction of sp³-hybridized carbons (Fsp3) is 0.600. The normalized spacial score (nSPS) is 14.1. The van der Waals surface area contributed by atoms with Gasteiger partial charge in [0.05, 0.1) is 7.11 Å². The van der Waals surface area contributed by atoms with Crippen LogP contribution in [-0.4, -0.2) is 30.1 Å². The standard InChI is InChI=1S/C15H22N2O3/c1-20-14(18)7-3-2-4-10-16-15(19)13-6-5-11-17(13)12-8-9-12/h5-6,11-12H,2-4,7-10H2,1H3,(H,16,19). The second kappa shape index (κ2) is 7.12. The van der Waals surface area contributed by atoms with Crippen molar-refractivity contribution in [1.82, 2.24) is 9.88 Å². The van der Waals surface area contributed by atoms with E-state index in [0.717, 1.165) is 25.0 Å². The van der Waals surface area contributed by atoms with Gasteiger partial charge in [-0.1, -0.05) is 6.42 Å². The molecule has 0 saturated heterocycles. The third-order valence-corrected chi connectivity index (χ3v) is 3.52. The summed E-state index contributed by atoms with van der Waals surface area (Å²) in [6.07, 6.45) is 7.37. The van der Waals surface area contributed by atoms with Crippen molar-refractivity contribution in [3.63, 3.8) is 0 Å². The Morgan fingerprint density at radius 3 is 2.85 bits per heavy atom. The lowest BCUT2D eigenvalue weighted by Crippen LogP contribution is -2.26. The lowest BCUT2D eigenvalue weighted by molar-refractivity contribution is -0.140. The van der Waals surface area contributed by atoms with Gasteiger partial charge in [-0.2, -0.15) is 0 Å². The molecule has 0 aliphatic heterocycles. The van der Waals surface area contributed by atoms with Crippen molar-refractivity contribution >= 4 is 11.9 Å². The molecule has 0 spiro atoms. The van der Waals surface area contributed by atoms with Gasteiger partial charge in [-0.25, -0.2) is 0 Å². The summed E-state index contributed by atoms with van der Waals surface area (Å²) in [5, 5.41) is 2.93. The minimum Gasteiger partial charge on any atom is -0.469 e. The molecule has 110 valence electrons. The number of nitrogens with zero attached hydrogens (tertiary/aromatic N) is 1. The van der Waals surface area contributed by atoms with Gasteiger partial charge < -0.3 is 14.6 Å². The van der Waals surface area contributed by atoms with Crippen LogP contribution in [0.5, 0.6) is 0 Å². The van der Waals surface area contributed by atoms with E-state index in [2.05, 4.69) is 14.6 Å². The van der Waals surface area contributed by atoms with E-state index in [0.29, 0.717) is 19.0 Å². The number of carbonyl (C=O) groups is 2. The number of unbranched alkanes of at least 4 members (excludes halogenated alkanes) is 2. The number of methoxy groups -OCH3 is 1. The van der Waals surface area contributed by atoms with Gasteiger partial charge in [0.1, 0.15) is 5.69 Å². The molecule has 1 aromatic rings. The van der Waals surface area contributed by atoms with Crippen molar-refractivity contribution in [2.75, 3.05) is 13.7 Å². The molecule has 1 heterocycles. The molecule has 0 radical (unpaired) electrons. The number of rotatable bonds is 8. The van der Waals surface area contributed by atoms with Crippen LogP contribution in [0.3, 0.4) is 0 Å². The number of nitrogens with one attached hydrogen (secondary N) is 1. The molecular weight excluding hydrogens is 256 g/mol. The highest BCUT2D eigenvalue weighted by Gasteiger charge is 2.26. The van der Waals surface area contributed by atoms with Crippen LogP contribution in [0.1, 0.15) is 55.1 Å². The molecule has 0 unspecified atom stereocenters. The zero-order chi connectivity index (χ0) is 14.4. The summed E-state index contributed by atoms with van der Waals surface area (Å²) in [7, 11) is 1.40. The Morgan fingerprint density at radius 1 is 1.35 bits per heavy atom. The molecule has 1 saturated carbocycles. The fourth-order valence-electron chi connectivity index (χ4n) is 2.22. The Labute approximate surface area is 119 Å². The summed E-state index contributed by atoms with van der Waals surface area (Å²) >= 11 is 0. The summed E-state index contributed by atoms with van der Waals surface area (Å²) in [5.74, 6) is -0.175. The predicted octanol–water partition coefficient (Wildman–Crippen LogP) is 2.29. The predicted molar refractivity (Wildman–Crippen MR) is 75.5 cm³/mol. The molecule has 5 nitrogen and oxygen atoms in total. The first kappa shape index (κ1) is 14.6. The van der Waals surface area contributed by atoms with Gasteiger partial charge >= 0.3 is 5.97 Å². The van der Waals surface area contributed by atoms with E-state index in [9.17, 15) is 9.59 Å². The van der Waals surface area contributed by atoms with Crippen LogP contribution in [0.15, 0.2) is 18.3 Å². The second-order valence-electron chi connectivity index (χ2n) is 5.17. The summed E-state index contributed by atoms with van der Waals surface area (Å²) in [4.78, 5) is 23.0. The van der Waals surface area contributed by atoms with Crippen LogP contribution < -0.4 is 5.32 Å². The highest BCUT2D eigenvalue weighted by atomic mass is 16.5. The molecule has 1 fully saturated rings. The smallest absolute Gasteiger partial charge is 0.305 e. The van der Waals surface area contributed by atoms with E-state index in [-0.39, 0.29) is 11.9 Å². The van der Waals surface area contributed by atoms with Crippen LogP contribution in [0, 0.1) is 0 Å². The third kappa shape index (κ3) is 4.11. The fourth-order valence-corrected chi connectivity index (χ4v) is 2.22. The topological polar surface area (TPSA) is 60.3 Å². The lowest BCUT2D eigenvalue weighted by Gasteiger charge is -2.08. The average Bonchev–Trinajstić information content (AvgIpc) is 3.19. The molecule has 1 aliphatic carbocycles. The summed E-state index contributed by atoms with van der Waals surface area (Å²) in [6.45, 7) is 0.649. The molecule has 1 aromatic heterocycles. The minimum atomic E-state index is -0.170. The van der Waals surface area contributed by atoms with Gasteiger partial charge in [0.25, 0.3) is 5.91 Å². The van der Waals surface area contributed by atoms with Gasteiger partial charge in [-0.15, -0.1) is 0 Å². The Hall–Kier alpha value is -1.78. The van der Waals surface area contributed by atoms with Crippen molar-refractivity contribution in [3.8, 4) is 0 Å². The van der Waals surface area contributed by atoms with Crippen LogP contribution in [0.2, 0.25) is 0 Å². The first-order chi connectivity index (χ1) is 9.72. The molecule has 1 N–H and O–H groups in total. The van der Waals surface area contributed by atoms with E-state index < -0.39 is 0 Å². The Morgan fingerprint density at radius 2 is 2.15 bits per heavy atom. The number of hydrogen-bond donors (Lipinski definition) is 1. The van der Waals surface area contributed by atoms with Crippen molar-refractivity contribution < 1.29 is 14.3 Å². The molecule has 0 aromatic carbocycles. The van der Waals surface area contributed by atoms with Crippen molar-refractivity contribution in [2.24, 2.45) is 0 Å². The van der Waals surface area contributed by atoms with E-state index in [1.165, 1.54) is 20.0 Å². The number of amides is 1. The third-order valence-electron chi connectivity index (χ3n) is 3.52. The Balaban J connectivity index is 1.63. The summed E-state index contributed by atoms with van der Waals surface area (Å²) in [6, 6.07) is 4.31. The van der Waals surface area contributed by atoms with Crippen molar-refractivity contribution in [3.05, 3.63) is 24.0 Å². The Bertz CT molecular complexity index is 463. The number of esters is 1. The number of ether oxygens (including phenoxy) is 1. The van der Waals surface area contributed by atoms with E-state index in [1.54, 1.807) is 0 Å². The molecule has 0 bridgehead atoms. The van der Waals surface area contributed by atoms with E-state index in [4.69, 9.17) is 0 Å². The average molecular weight is 278 g/mol. The van der Waals surface area contributed by atoms with E-state index in [1.807, 2.05) is 18.3 Å². The monoisotopic (exact) mass is 278 g/mol. The first-order valence-corrected chi connectivity index (χ1v) is 7.24. The summed E-state index contributed by atoms with van der Waals surface area (Å²) in [5.41, 5.74) is 0.752. The van der Waals surface area contributed by atoms with Crippen LogP contribution in [-0.2, 0) is 9.53 Å². The lowest BCUT2D eigenvalue weighted by atomic mass is 10.2. The summed E-state index contributed by atoms with van der Waals surface area (Å²) < 4.78 is 6.64. The highest BCUT2D eigenvalue weighted by Crippen LogP contribution is 2.35. The number of aromatic nitrogens is 1. The SMILES string of the molecule is COC(=O)CCCCCNC(=O)c1cccn1C1CC1. The Kier molecular flexibility index (Phi) is 5.21. The highest BCUT2D eigenvalue weighted by molar-refractivity contribution is 5.92. The quantitative estimate of drug-likeness (QED) is 0.586. The maximum atomic E-state index is 12.0. The first-order valence-electron chi connectivity index (χ1n) is 7.24.